The van der Waals surface area contributed by atoms with Crippen molar-refractivity contribution in [1.29, 1.82) is 0 Å². The maximum Gasteiger partial charge on any atom is 0.355 e. The smallest absolute Gasteiger partial charge is 0.355 e. The zero-order valence-electron chi connectivity index (χ0n) is 12.8. The lowest BCUT2D eigenvalue weighted by atomic mass is 9.70. The van der Waals surface area contributed by atoms with Gasteiger partial charge in [0.2, 0.25) is 5.91 Å². The molecule has 3 rings (SSSR count). The molecule has 0 bridgehead atoms. The van der Waals surface area contributed by atoms with Crippen LogP contribution >= 0.6 is 11.3 Å². The standard InChI is InChI=1S/C17H18N2O3S/c1-17(8-4-6-11-5-2-3-7-12(11)17)16(22)18-9-14-19-13(10-23-14)15(20)21/h2-3,5,7,10H,4,6,8-9H2,1H3,(H,18,22)(H,20,21)/t17-/m1/s1. The molecule has 1 aliphatic rings. The Bertz CT molecular complexity index is 756. The molecule has 2 N–H and O–H groups in total. The molecule has 6 heteroatoms. The highest BCUT2D eigenvalue weighted by molar-refractivity contribution is 7.09. The molecule has 0 saturated carbocycles. The molecule has 1 amide bonds. The fourth-order valence-corrected chi connectivity index (χ4v) is 3.83. The summed E-state index contributed by atoms with van der Waals surface area (Å²) in [4.78, 5) is 27.6. The van der Waals surface area contributed by atoms with E-state index in [1.54, 1.807) is 0 Å². The molecule has 1 aromatic carbocycles. The third kappa shape index (κ3) is 2.99. The van der Waals surface area contributed by atoms with Crippen molar-refractivity contribution in [1.82, 2.24) is 10.3 Å². The molecular formula is C17H18N2O3S. The van der Waals surface area contributed by atoms with Crippen molar-refractivity contribution >= 4 is 23.2 Å². The van der Waals surface area contributed by atoms with Crippen LogP contribution in [-0.4, -0.2) is 22.0 Å². The van der Waals surface area contributed by atoms with Gasteiger partial charge in [-0.25, -0.2) is 9.78 Å². The predicted molar refractivity (Wildman–Crippen MR) is 87.7 cm³/mol. The summed E-state index contributed by atoms with van der Waals surface area (Å²) in [6.07, 6.45) is 2.81. The SMILES string of the molecule is C[C@@]1(C(=O)NCc2nc(C(=O)O)cs2)CCCc2ccccc21. The highest BCUT2D eigenvalue weighted by atomic mass is 32.1. The third-order valence-corrected chi connectivity index (χ3v) is 5.26. The van der Waals surface area contributed by atoms with Gasteiger partial charge in [-0.15, -0.1) is 11.3 Å². The lowest BCUT2D eigenvalue weighted by Gasteiger charge is -2.34. The molecule has 0 fully saturated rings. The van der Waals surface area contributed by atoms with Gasteiger partial charge >= 0.3 is 5.97 Å². The summed E-state index contributed by atoms with van der Waals surface area (Å²) in [6.45, 7) is 2.24. The van der Waals surface area contributed by atoms with Crippen LogP contribution in [0.15, 0.2) is 29.6 Å². The summed E-state index contributed by atoms with van der Waals surface area (Å²) in [6, 6.07) is 8.08. The minimum absolute atomic E-state index is 0.0217. The summed E-state index contributed by atoms with van der Waals surface area (Å²) >= 11 is 1.24. The topological polar surface area (TPSA) is 79.3 Å². The molecule has 120 valence electrons. The highest BCUT2D eigenvalue weighted by Gasteiger charge is 2.38. The Morgan fingerprint density at radius 2 is 2.17 bits per heavy atom. The number of thiazole rings is 1. The summed E-state index contributed by atoms with van der Waals surface area (Å²) in [5.74, 6) is -1.08. The van der Waals surface area contributed by atoms with Gasteiger partial charge in [-0.1, -0.05) is 24.3 Å². The molecule has 1 atom stereocenters. The second kappa shape index (κ2) is 6.12. The molecule has 1 aromatic heterocycles. The van der Waals surface area contributed by atoms with Crippen LogP contribution < -0.4 is 5.32 Å². The average Bonchev–Trinajstić information content (AvgIpc) is 3.02. The molecule has 1 heterocycles. The van der Waals surface area contributed by atoms with Gasteiger partial charge in [0.25, 0.3) is 0 Å². The van der Waals surface area contributed by atoms with Crippen LogP contribution in [0.4, 0.5) is 0 Å². The minimum Gasteiger partial charge on any atom is -0.476 e. The number of hydrogen-bond acceptors (Lipinski definition) is 4. The van der Waals surface area contributed by atoms with E-state index in [0.29, 0.717) is 5.01 Å². The summed E-state index contributed by atoms with van der Waals surface area (Å²) < 4.78 is 0. The number of carbonyl (C=O) groups excluding carboxylic acids is 1. The van der Waals surface area contributed by atoms with Crippen LogP contribution in [0.1, 0.15) is 46.4 Å². The quantitative estimate of drug-likeness (QED) is 0.903. The maximum atomic E-state index is 12.7. The number of aryl methyl sites for hydroxylation is 1. The number of rotatable bonds is 4. The van der Waals surface area contributed by atoms with Crippen LogP contribution in [0, 0.1) is 0 Å². The fraction of sp³-hybridized carbons (Fsp3) is 0.353. The Morgan fingerprint density at radius 1 is 1.39 bits per heavy atom. The fourth-order valence-electron chi connectivity index (χ4n) is 3.12. The van der Waals surface area contributed by atoms with Crippen molar-refractivity contribution < 1.29 is 14.7 Å². The normalized spacial score (nSPS) is 19.9. The number of aromatic nitrogens is 1. The number of aromatic carboxylic acids is 1. The van der Waals surface area contributed by atoms with E-state index in [2.05, 4.69) is 16.4 Å². The van der Waals surface area contributed by atoms with Gasteiger partial charge in [-0.05, 0) is 37.3 Å². The lowest BCUT2D eigenvalue weighted by Crippen LogP contribution is -2.44. The van der Waals surface area contributed by atoms with Gasteiger partial charge < -0.3 is 10.4 Å². The minimum atomic E-state index is -1.05. The Kier molecular flexibility index (Phi) is 4.17. The first-order valence-electron chi connectivity index (χ1n) is 7.55. The average molecular weight is 330 g/mol. The molecule has 0 saturated heterocycles. The lowest BCUT2D eigenvalue weighted by molar-refractivity contribution is -0.126. The highest BCUT2D eigenvalue weighted by Crippen LogP contribution is 2.37. The predicted octanol–water partition coefficient (Wildman–Crippen LogP) is 2.75. The number of nitrogens with one attached hydrogen (secondary N) is 1. The van der Waals surface area contributed by atoms with Crippen LogP contribution in [0.3, 0.4) is 0 Å². The zero-order valence-corrected chi connectivity index (χ0v) is 13.7. The van der Waals surface area contributed by atoms with Crippen molar-refractivity contribution in [3.05, 3.63) is 51.5 Å². The monoisotopic (exact) mass is 330 g/mol. The van der Waals surface area contributed by atoms with E-state index in [1.807, 2.05) is 25.1 Å². The maximum absolute atomic E-state index is 12.7. The molecular weight excluding hydrogens is 312 g/mol. The largest absolute Gasteiger partial charge is 0.476 e. The number of carbonyl (C=O) groups is 2. The zero-order chi connectivity index (χ0) is 16.4. The number of hydrogen-bond donors (Lipinski definition) is 2. The molecule has 0 spiro atoms. The van der Waals surface area contributed by atoms with Crippen molar-refractivity contribution in [2.75, 3.05) is 0 Å². The first-order chi connectivity index (χ1) is 11.0. The Morgan fingerprint density at radius 3 is 2.91 bits per heavy atom. The van der Waals surface area contributed by atoms with E-state index in [-0.39, 0.29) is 18.1 Å². The van der Waals surface area contributed by atoms with Crippen LogP contribution in [-0.2, 0) is 23.2 Å². The molecule has 2 aromatic rings. The van der Waals surface area contributed by atoms with Crippen molar-refractivity contribution in [3.63, 3.8) is 0 Å². The van der Waals surface area contributed by atoms with Gasteiger partial charge in [0.1, 0.15) is 5.01 Å². The summed E-state index contributed by atoms with van der Waals surface area (Å²) in [5, 5.41) is 13.9. The second-order valence-corrected chi connectivity index (χ2v) is 6.90. The van der Waals surface area contributed by atoms with E-state index in [9.17, 15) is 9.59 Å². The summed E-state index contributed by atoms with van der Waals surface area (Å²) in [7, 11) is 0. The van der Waals surface area contributed by atoms with E-state index >= 15 is 0 Å². The van der Waals surface area contributed by atoms with Crippen molar-refractivity contribution in [3.8, 4) is 0 Å². The van der Waals surface area contributed by atoms with Gasteiger partial charge in [0, 0.05) is 5.38 Å². The van der Waals surface area contributed by atoms with Crippen molar-refractivity contribution in [2.45, 2.75) is 38.1 Å². The van der Waals surface area contributed by atoms with Crippen LogP contribution in [0.2, 0.25) is 0 Å². The van der Waals surface area contributed by atoms with Gasteiger partial charge in [0.15, 0.2) is 5.69 Å². The van der Waals surface area contributed by atoms with Crippen LogP contribution in [0.5, 0.6) is 0 Å². The van der Waals surface area contributed by atoms with E-state index < -0.39 is 11.4 Å². The van der Waals surface area contributed by atoms with Crippen molar-refractivity contribution in [2.24, 2.45) is 0 Å². The Balaban J connectivity index is 1.74. The van der Waals surface area contributed by atoms with Gasteiger partial charge in [0.05, 0.1) is 12.0 Å². The summed E-state index contributed by atoms with van der Waals surface area (Å²) in [5.41, 5.74) is 1.81. The molecule has 0 radical (unpaired) electrons. The molecule has 0 unspecified atom stereocenters. The first-order valence-corrected chi connectivity index (χ1v) is 8.43. The van der Waals surface area contributed by atoms with Gasteiger partial charge in [-0.2, -0.15) is 0 Å². The molecule has 1 aliphatic carbocycles. The Hall–Kier alpha value is -2.21. The molecule has 23 heavy (non-hydrogen) atoms. The third-order valence-electron chi connectivity index (χ3n) is 4.41. The van der Waals surface area contributed by atoms with Gasteiger partial charge in [-0.3, -0.25) is 4.79 Å². The molecule has 0 aliphatic heterocycles. The first kappa shape index (κ1) is 15.7. The number of benzene rings is 1. The number of carboxylic acids is 1. The Labute approximate surface area is 138 Å². The van der Waals surface area contributed by atoms with E-state index in [1.165, 1.54) is 22.3 Å². The molecule has 5 nitrogen and oxygen atoms in total. The van der Waals surface area contributed by atoms with E-state index in [4.69, 9.17) is 5.11 Å². The van der Waals surface area contributed by atoms with Crippen LogP contribution in [0.25, 0.3) is 0 Å². The number of nitrogens with zero attached hydrogens (tertiary/aromatic N) is 1. The number of fused-ring (bicyclic) bond motifs is 1. The number of amides is 1. The number of carboxylic acid groups (broad SMARTS) is 1. The van der Waals surface area contributed by atoms with E-state index in [0.717, 1.165) is 24.8 Å². The second-order valence-electron chi connectivity index (χ2n) is 5.96.